The van der Waals surface area contributed by atoms with Crippen LogP contribution in [0.5, 0.6) is 0 Å². The Morgan fingerprint density at radius 1 is 0.889 bits per heavy atom. The smallest absolute Gasteiger partial charge is 0.0354 e. The third-order valence-corrected chi connectivity index (χ3v) is 2.37. The Morgan fingerprint density at radius 2 is 1.22 bits per heavy atom. The summed E-state index contributed by atoms with van der Waals surface area (Å²) in [5, 5.41) is 0. The molecular formula is C9H20. The summed E-state index contributed by atoms with van der Waals surface area (Å²) in [7, 11) is 0. The van der Waals surface area contributed by atoms with E-state index in [0.29, 0.717) is 5.41 Å². The van der Waals surface area contributed by atoms with Gasteiger partial charge in [0.15, 0.2) is 0 Å². The summed E-state index contributed by atoms with van der Waals surface area (Å²) in [5.41, 5.74) is 0.480. The van der Waals surface area contributed by atoms with Crippen molar-refractivity contribution in [2.45, 2.75) is 41.5 Å². The van der Waals surface area contributed by atoms with E-state index in [1.165, 1.54) is 0 Å². The van der Waals surface area contributed by atoms with Gasteiger partial charge in [-0.2, -0.15) is 0 Å². The fourth-order valence-electron chi connectivity index (χ4n) is 1.00. The van der Waals surface area contributed by atoms with E-state index in [4.69, 9.17) is 0 Å². The van der Waals surface area contributed by atoms with Crippen LogP contribution in [-0.4, -0.2) is 0 Å². The Hall–Kier alpha value is 0. The Morgan fingerprint density at radius 3 is 1.22 bits per heavy atom. The highest BCUT2D eigenvalue weighted by Crippen LogP contribution is 2.30. The van der Waals surface area contributed by atoms with Gasteiger partial charge in [0, 0.05) is 0 Å². The molecule has 0 heteroatoms. The average Bonchev–Trinajstić information content (AvgIpc) is 1.62. The predicted molar refractivity (Wildman–Crippen MR) is 43.5 cm³/mol. The average molecular weight is 128 g/mol. The van der Waals surface area contributed by atoms with Crippen LogP contribution in [0.3, 0.4) is 0 Å². The third kappa shape index (κ3) is 2.88. The van der Waals surface area contributed by atoms with Crippen LogP contribution in [-0.2, 0) is 0 Å². The lowest BCUT2D eigenvalue weighted by Crippen LogP contribution is -2.21. The highest BCUT2D eigenvalue weighted by atomic mass is 14.3. The van der Waals surface area contributed by atoms with Crippen molar-refractivity contribution in [3.8, 4) is 0 Å². The molecule has 0 saturated heterocycles. The molecule has 0 radical (unpaired) electrons. The monoisotopic (exact) mass is 128 g/mol. The molecule has 0 spiro atoms. The van der Waals surface area contributed by atoms with Gasteiger partial charge in [0.05, 0.1) is 0 Å². The second kappa shape index (κ2) is 2.72. The van der Waals surface area contributed by atoms with Gasteiger partial charge in [-0.15, -0.1) is 0 Å². The molecule has 0 saturated carbocycles. The molecule has 0 fully saturated rings. The molecule has 0 rings (SSSR count). The highest BCUT2D eigenvalue weighted by molar-refractivity contribution is 4.71. The van der Waals surface area contributed by atoms with Gasteiger partial charge in [0.25, 0.3) is 0 Å². The van der Waals surface area contributed by atoms with Crippen molar-refractivity contribution in [2.24, 2.45) is 17.3 Å². The minimum Gasteiger partial charge on any atom is -0.0625 e. The van der Waals surface area contributed by atoms with E-state index >= 15 is 0 Å². The van der Waals surface area contributed by atoms with E-state index in [0.717, 1.165) is 11.8 Å². The zero-order valence-electron chi connectivity index (χ0n) is 7.65. The fourth-order valence-corrected chi connectivity index (χ4v) is 1.00. The van der Waals surface area contributed by atoms with Crippen molar-refractivity contribution in [3.63, 3.8) is 0 Å². The van der Waals surface area contributed by atoms with Crippen molar-refractivity contribution in [3.05, 3.63) is 0 Å². The molecule has 0 aromatic rings. The van der Waals surface area contributed by atoms with E-state index < -0.39 is 0 Å². The second-order valence-corrected chi connectivity index (χ2v) is 4.40. The van der Waals surface area contributed by atoms with E-state index in [9.17, 15) is 0 Å². The van der Waals surface area contributed by atoms with E-state index in [1.54, 1.807) is 0 Å². The maximum Gasteiger partial charge on any atom is -0.0354 e. The Bertz CT molecular complexity index is 74.5. The quantitative estimate of drug-likeness (QED) is 0.508. The Balaban J connectivity index is 3.88. The van der Waals surface area contributed by atoms with E-state index in [1.807, 2.05) is 0 Å². The lowest BCUT2D eigenvalue weighted by Gasteiger charge is -2.30. The lowest BCUT2D eigenvalue weighted by molar-refractivity contribution is 0.199. The van der Waals surface area contributed by atoms with Crippen molar-refractivity contribution < 1.29 is 0 Å². The lowest BCUT2D eigenvalue weighted by atomic mass is 9.76. The van der Waals surface area contributed by atoms with Gasteiger partial charge >= 0.3 is 0 Å². The minimum absolute atomic E-state index is 0.480. The first-order valence-electron chi connectivity index (χ1n) is 3.85. The molecule has 1 atom stereocenters. The molecular weight excluding hydrogens is 108 g/mol. The molecule has 0 heterocycles. The van der Waals surface area contributed by atoms with Gasteiger partial charge in [-0.25, -0.2) is 0 Å². The van der Waals surface area contributed by atoms with Crippen LogP contribution in [0.25, 0.3) is 0 Å². The molecule has 56 valence electrons. The summed E-state index contributed by atoms with van der Waals surface area (Å²) in [5.74, 6) is 1.63. The molecule has 0 unspecified atom stereocenters. The summed E-state index contributed by atoms with van der Waals surface area (Å²) in [6.45, 7) is 13.8. The zero-order chi connectivity index (χ0) is 7.65. The zero-order valence-corrected chi connectivity index (χ0v) is 7.65. The molecule has 0 aromatic carbocycles. The van der Waals surface area contributed by atoms with Crippen molar-refractivity contribution in [1.82, 2.24) is 0 Å². The molecule has 0 amide bonds. The molecule has 9 heavy (non-hydrogen) atoms. The Labute approximate surface area is 59.7 Å². The van der Waals surface area contributed by atoms with Gasteiger partial charge in [0.1, 0.15) is 0 Å². The maximum atomic E-state index is 2.32. The van der Waals surface area contributed by atoms with Crippen LogP contribution < -0.4 is 0 Å². The number of hydrogen-bond acceptors (Lipinski definition) is 0. The van der Waals surface area contributed by atoms with Crippen LogP contribution in [0, 0.1) is 17.3 Å². The summed E-state index contributed by atoms with van der Waals surface area (Å²) >= 11 is 0. The third-order valence-electron chi connectivity index (χ3n) is 2.37. The maximum absolute atomic E-state index is 2.32. The normalized spacial score (nSPS) is 16.3. The first kappa shape index (κ1) is 9.00. The first-order chi connectivity index (χ1) is 3.85. The largest absolute Gasteiger partial charge is 0.0625 e. The van der Waals surface area contributed by atoms with Gasteiger partial charge in [-0.3, -0.25) is 0 Å². The predicted octanol–water partition coefficient (Wildman–Crippen LogP) is 3.32. The number of hydrogen-bond donors (Lipinski definition) is 0. The van der Waals surface area contributed by atoms with Crippen LogP contribution in [0.2, 0.25) is 0 Å². The van der Waals surface area contributed by atoms with E-state index in [2.05, 4.69) is 41.5 Å². The Kier molecular flexibility index (Phi) is 2.72. The van der Waals surface area contributed by atoms with Gasteiger partial charge < -0.3 is 0 Å². The number of rotatable bonds is 1. The van der Waals surface area contributed by atoms with E-state index in [-0.39, 0.29) is 0 Å². The van der Waals surface area contributed by atoms with Crippen LogP contribution in [0.15, 0.2) is 0 Å². The molecule has 0 aliphatic carbocycles. The molecule has 0 aromatic heterocycles. The topological polar surface area (TPSA) is 0 Å². The molecule has 0 aliphatic rings. The summed E-state index contributed by atoms with van der Waals surface area (Å²) < 4.78 is 0. The fraction of sp³-hybridized carbons (Fsp3) is 1.00. The molecule has 0 bridgehead atoms. The SMILES string of the molecule is CC(C)[C@@H](C)C(C)(C)C. The first-order valence-corrected chi connectivity index (χ1v) is 3.85. The van der Waals surface area contributed by atoms with Crippen LogP contribution >= 0.6 is 0 Å². The van der Waals surface area contributed by atoms with Crippen LogP contribution in [0.1, 0.15) is 41.5 Å². The molecule has 0 aliphatic heterocycles. The standard InChI is InChI=1S/C9H20/c1-7(2)8(3)9(4,5)6/h7-8H,1-6H3/t8-/m1/s1. The summed E-state index contributed by atoms with van der Waals surface area (Å²) in [6.07, 6.45) is 0. The van der Waals surface area contributed by atoms with Crippen LogP contribution in [0.4, 0.5) is 0 Å². The summed E-state index contributed by atoms with van der Waals surface area (Å²) in [6, 6.07) is 0. The van der Waals surface area contributed by atoms with Gasteiger partial charge in [-0.05, 0) is 17.3 Å². The highest BCUT2D eigenvalue weighted by Gasteiger charge is 2.22. The summed E-state index contributed by atoms with van der Waals surface area (Å²) in [4.78, 5) is 0. The second-order valence-electron chi connectivity index (χ2n) is 4.40. The molecule has 0 nitrogen and oxygen atoms in total. The van der Waals surface area contributed by atoms with Gasteiger partial charge in [0.2, 0.25) is 0 Å². The van der Waals surface area contributed by atoms with Crippen molar-refractivity contribution >= 4 is 0 Å². The molecule has 0 N–H and O–H groups in total. The minimum atomic E-state index is 0.480. The van der Waals surface area contributed by atoms with Gasteiger partial charge in [-0.1, -0.05) is 41.5 Å². The van der Waals surface area contributed by atoms with Crippen molar-refractivity contribution in [2.75, 3.05) is 0 Å². The van der Waals surface area contributed by atoms with Crippen molar-refractivity contribution in [1.29, 1.82) is 0 Å².